The molecule has 0 bridgehead atoms. The molecule has 1 fully saturated rings. The van der Waals surface area contributed by atoms with E-state index in [0.717, 1.165) is 62.9 Å². The van der Waals surface area contributed by atoms with E-state index < -0.39 is 0 Å². The quantitative estimate of drug-likeness (QED) is 0.494. The summed E-state index contributed by atoms with van der Waals surface area (Å²) in [5.41, 5.74) is 4.46. The smallest absolute Gasteiger partial charge is 0.229 e. The molecular weight excluding hydrogens is 400 g/mol. The van der Waals surface area contributed by atoms with Crippen LogP contribution in [0.2, 0.25) is 0 Å². The Morgan fingerprint density at radius 2 is 1.78 bits per heavy atom. The Kier molecular flexibility index (Phi) is 7.53. The topological polar surface area (TPSA) is 65.5 Å². The highest BCUT2D eigenvalue weighted by atomic mass is 16.5. The number of aromatic nitrogens is 2. The maximum absolute atomic E-state index is 5.40. The van der Waals surface area contributed by atoms with Crippen LogP contribution < -0.4 is 15.5 Å². The molecule has 0 amide bonds. The molecule has 1 aliphatic rings. The van der Waals surface area contributed by atoms with E-state index in [1.165, 1.54) is 11.3 Å². The highest BCUT2D eigenvalue weighted by Gasteiger charge is 2.09. The standard InChI is InChI=1S/C25H32N6O/c1-30(2)23-9-4-7-21(19-23)20-6-3-8-22(18-20)28-25-27-12-10-24(29-25)26-11-5-13-31-14-16-32-17-15-31/h3-4,6-10,12,18-19H,5,11,13-17H2,1-2H3,(H2,26,27,28,29). The van der Waals surface area contributed by atoms with E-state index in [0.29, 0.717) is 5.95 Å². The zero-order valence-corrected chi connectivity index (χ0v) is 18.9. The summed E-state index contributed by atoms with van der Waals surface area (Å²) in [6.45, 7) is 5.70. The third-order valence-corrected chi connectivity index (χ3v) is 5.53. The van der Waals surface area contributed by atoms with Gasteiger partial charge in [-0.2, -0.15) is 4.98 Å². The van der Waals surface area contributed by atoms with E-state index in [4.69, 9.17) is 4.74 Å². The van der Waals surface area contributed by atoms with Crippen LogP contribution in [0.25, 0.3) is 11.1 Å². The third-order valence-electron chi connectivity index (χ3n) is 5.53. The molecule has 7 heteroatoms. The molecule has 0 spiro atoms. The maximum Gasteiger partial charge on any atom is 0.229 e. The molecule has 0 radical (unpaired) electrons. The Bertz CT molecular complexity index is 1000. The minimum Gasteiger partial charge on any atom is -0.379 e. The Balaban J connectivity index is 1.35. The van der Waals surface area contributed by atoms with E-state index in [1.54, 1.807) is 6.20 Å². The first-order valence-electron chi connectivity index (χ1n) is 11.2. The van der Waals surface area contributed by atoms with Gasteiger partial charge in [-0.3, -0.25) is 4.90 Å². The number of hydrogen-bond donors (Lipinski definition) is 2. The summed E-state index contributed by atoms with van der Waals surface area (Å²) in [5, 5.41) is 6.75. The molecule has 1 aromatic heterocycles. The fraction of sp³-hybridized carbons (Fsp3) is 0.360. The number of rotatable bonds is 9. The van der Waals surface area contributed by atoms with Crippen molar-refractivity contribution in [1.82, 2.24) is 14.9 Å². The molecule has 0 saturated carbocycles. The Morgan fingerprint density at radius 1 is 1.00 bits per heavy atom. The van der Waals surface area contributed by atoms with Gasteiger partial charge in [-0.15, -0.1) is 0 Å². The SMILES string of the molecule is CN(C)c1cccc(-c2cccc(Nc3nccc(NCCCN4CCOCC4)n3)c2)c1. The number of hydrogen-bond acceptors (Lipinski definition) is 7. The molecule has 7 nitrogen and oxygen atoms in total. The van der Waals surface area contributed by atoms with E-state index >= 15 is 0 Å². The van der Waals surface area contributed by atoms with Gasteiger partial charge in [-0.1, -0.05) is 24.3 Å². The molecule has 0 atom stereocenters. The predicted octanol–water partition coefficient (Wildman–Crippen LogP) is 4.09. The van der Waals surface area contributed by atoms with Gasteiger partial charge in [0.2, 0.25) is 5.95 Å². The molecule has 2 N–H and O–H groups in total. The summed E-state index contributed by atoms with van der Waals surface area (Å²) >= 11 is 0. The lowest BCUT2D eigenvalue weighted by Crippen LogP contribution is -2.37. The van der Waals surface area contributed by atoms with Gasteiger partial charge < -0.3 is 20.3 Å². The van der Waals surface area contributed by atoms with Crippen LogP contribution in [-0.4, -0.2) is 68.4 Å². The van der Waals surface area contributed by atoms with Crippen LogP contribution in [0.5, 0.6) is 0 Å². The largest absolute Gasteiger partial charge is 0.379 e. The van der Waals surface area contributed by atoms with Gasteiger partial charge in [-0.25, -0.2) is 4.98 Å². The highest BCUT2D eigenvalue weighted by Crippen LogP contribution is 2.27. The van der Waals surface area contributed by atoms with Gasteiger partial charge in [-0.05, 0) is 54.4 Å². The number of anilines is 4. The molecule has 2 aromatic carbocycles. The van der Waals surface area contributed by atoms with Crippen LogP contribution in [0.4, 0.5) is 23.1 Å². The van der Waals surface area contributed by atoms with Crippen LogP contribution in [-0.2, 0) is 4.74 Å². The number of benzene rings is 2. The molecule has 32 heavy (non-hydrogen) atoms. The number of morpholine rings is 1. The van der Waals surface area contributed by atoms with Gasteiger partial charge in [0, 0.05) is 51.3 Å². The van der Waals surface area contributed by atoms with E-state index in [-0.39, 0.29) is 0 Å². The van der Waals surface area contributed by atoms with Gasteiger partial charge >= 0.3 is 0 Å². The molecule has 0 unspecified atom stereocenters. The Hall–Kier alpha value is -3.16. The minimum atomic E-state index is 0.586. The molecule has 1 aliphatic heterocycles. The average Bonchev–Trinajstić information content (AvgIpc) is 2.83. The van der Waals surface area contributed by atoms with Crippen LogP contribution in [0, 0.1) is 0 Å². The van der Waals surface area contributed by atoms with Gasteiger partial charge in [0.25, 0.3) is 0 Å². The normalized spacial score (nSPS) is 14.2. The van der Waals surface area contributed by atoms with Gasteiger partial charge in [0.05, 0.1) is 13.2 Å². The van der Waals surface area contributed by atoms with Crippen LogP contribution in [0.15, 0.2) is 60.8 Å². The second-order valence-electron chi connectivity index (χ2n) is 8.15. The number of nitrogens with one attached hydrogen (secondary N) is 2. The average molecular weight is 433 g/mol. The molecule has 4 rings (SSSR count). The highest BCUT2D eigenvalue weighted by molar-refractivity contribution is 5.72. The van der Waals surface area contributed by atoms with Gasteiger partial charge in [0.1, 0.15) is 5.82 Å². The maximum atomic E-state index is 5.40. The second-order valence-corrected chi connectivity index (χ2v) is 8.15. The van der Waals surface area contributed by atoms with Crippen molar-refractivity contribution in [2.24, 2.45) is 0 Å². The monoisotopic (exact) mass is 432 g/mol. The van der Waals surface area contributed by atoms with Crippen molar-refractivity contribution in [3.8, 4) is 11.1 Å². The molecule has 2 heterocycles. The molecule has 168 valence electrons. The fourth-order valence-electron chi connectivity index (χ4n) is 3.73. The van der Waals surface area contributed by atoms with Gasteiger partial charge in [0.15, 0.2) is 0 Å². The molecule has 0 aliphatic carbocycles. The van der Waals surface area contributed by atoms with Crippen molar-refractivity contribution >= 4 is 23.1 Å². The van der Waals surface area contributed by atoms with Crippen molar-refractivity contribution in [2.75, 3.05) is 69.0 Å². The second kappa shape index (κ2) is 10.9. The summed E-state index contributed by atoms with van der Waals surface area (Å²) in [4.78, 5) is 13.6. The van der Waals surface area contributed by atoms with Crippen molar-refractivity contribution < 1.29 is 4.74 Å². The van der Waals surface area contributed by atoms with E-state index in [1.807, 2.05) is 18.2 Å². The Labute approximate surface area is 190 Å². The lowest BCUT2D eigenvalue weighted by atomic mass is 10.0. The van der Waals surface area contributed by atoms with Crippen molar-refractivity contribution in [3.63, 3.8) is 0 Å². The molecule has 3 aromatic rings. The van der Waals surface area contributed by atoms with Crippen molar-refractivity contribution in [1.29, 1.82) is 0 Å². The van der Waals surface area contributed by atoms with Crippen molar-refractivity contribution in [2.45, 2.75) is 6.42 Å². The van der Waals surface area contributed by atoms with Crippen molar-refractivity contribution in [3.05, 3.63) is 60.8 Å². The first-order valence-corrected chi connectivity index (χ1v) is 11.2. The van der Waals surface area contributed by atoms with Crippen LogP contribution in [0.3, 0.4) is 0 Å². The fourth-order valence-corrected chi connectivity index (χ4v) is 3.73. The Morgan fingerprint density at radius 3 is 2.59 bits per heavy atom. The summed E-state index contributed by atoms with van der Waals surface area (Å²) < 4.78 is 5.40. The zero-order valence-electron chi connectivity index (χ0n) is 18.9. The van der Waals surface area contributed by atoms with Crippen LogP contribution in [0.1, 0.15) is 6.42 Å². The van der Waals surface area contributed by atoms with Crippen LogP contribution >= 0.6 is 0 Å². The third kappa shape index (κ3) is 6.18. The minimum absolute atomic E-state index is 0.586. The lowest BCUT2D eigenvalue weighted by molar-refractivity contribution is 0.0378. The zero-order chi connectivity index (χ0) is 22.2. The molecular formula is C25H32N6O. The number of nitrogens with zero attached hydrogens (tertiary/aromatic N) is 4. The van der Waals surface area contributed by atoms with E-state index in [2.05, 4.69) is 80.9 Å². The summed E-state index contributed by atoms with van der Waals surface area (Å²) in [6.07, 6.45) is 2.85. The van der Waals surface area contributed by atoms with E-state index in [9.17, 15) is 0 Å². The summed E-state index contributed by atoms with van der Waals surface area (Å²) in [5.74, 6) is 1.42. The lowest BCUT2D eigenvalue weighted by Gasteiger charge is -2.26. The summed E-state index contributed by atoms with van der Waals surface area (Å²) in [6, 6.07) is 18.7. The first kappa shape index (κ1) is 22.0. The summed E-state index contributed by atoms with van der Waals surface area (Å²) in [7, 11) is 4.11. The first-order chi connectivity index (χ1) is 15.7. The number of ether oxygens (including phenoxy) is 1. The molecule has 1 saturated heterocycles. The predicted molar refractivity (Wildman–Crippen MR) is 132 cm³/mol.